The Labute approximate surface area is 73.1 Å². The molecule has 2 aliphatic rings. The summed E-state index contributed by atoms with van der Waals surface area (Å²) in [5.41, 5.74) is -0.0153. The van der Waals surface area contributed by atoms with Crippen molar-refractivity contribution >= 4 is 5.78 Å². The van der Waals surface area contributed by atoms with Crippen LogP contribution in [0.5, 0.6) is 0 Å². The van der Waals surface area contributed by atoms with Crippen molar-refractivity contribution in [1.29, 1.82) is 0 Å². The van der Waals surface area contributed by atoms with Gasteiger partial charge in [0.15, 0.2) is 11.5 Å². The minimum absolute atomic E-state index is 0.0887. The maximum absolute atomic E-state index is 11.2. The van der Waals surface area contributed by atoms with E-state index < -0.39 is 5.63 Å². The minimum atomic E-state index is -0.607. The minimum Gasteiger partial charge on any atom is -0.469 e. The van der Waals surface area contributed by atoms with Crippen LogP contribution in [0.4, 0.5) is 0 Å². The molecule has 4 heteroatoms. The van der Waals surface area contributed by atoms with E-state index in [4.69, 9.17) is 8.83 Å². The molecule has 2 rings (SSSR count). The molecule has 0 atom stereocenters. The van der Waals surface area contributed by atoms with E-state index >= 15 is 0 Å². The van der Waals surface area contributed by atoms with Crippen LogP contribution >= 0.6 is 0 Å². The van der Waals surface area contributed by atoms with Crippen LogP contribution < -0.4 is 5.63 Å². The molecule has 13 heavy (non-hydrogen) atoms. The van der Waals surface area contributed by atoms with Crippen LogP contribution in [0.2, 0.25) is 0 Å². The number of rotatable bonds is 1. The fourth-order valence-electron chi connectivity index (χ4n) is 1.23. The lowest BCUT2D eigenvalue weighted by Gasteiger charge is -1.93. The maximum atomic E-state index is 11.2. The molecule has 0 aromatic carbocycles. The largest absolute Gasteiger partial charge is 0.469 e. The standard InChI is InChI=1S/C9H6O4/c1-5(10)8-6-2-3-12-4-7(6)13-9(8)11/h2-4H,1H3. The number of Topliss-reactive ketones (excluding diaryl/α,β-unsaturated/α-hetero) is 1. The van der Waals surface area contributed by atoms with Gasteiger partial charge >= 0.3 is 5.63 Å². The third kappa shape index (κ3) is 1.07. The average Bonchev–Trinajstić information content (AvgIpc) is 2.39. The molecule has 0 saturated carbocycles. The molecule has 0 bridgehead atoms. The van der Waals surface area contributed by atoms with Gasteiger partial charge in [0.2, 0.25) is 0 Å². The third-order valence-electron chi connectivity index (χ3n) is 1.78. The van der Waals surface area contributed by atoms with Gasteiger partial charge in [-0.15, -0.1) is 0 Å². The van der Waals surface area contributed by atoms with Gasteiger partial charge in [-0.25, -0.2) is 4.79 Å². The summed E-state index contributed by atoms with van der Waals surface area (Å²) in [6.45, 7) is 1.33. The molecule has 0 fully saturated rings. The fraction of sp³-hybridized carbons (Fsp3) is 0.111. The molecule has 0 aliphatic carbocycles. The number of carbonyl (C=O) groups is 1. The van der Waals surface area contributed by atoms with Crippen LogP contribution in [0.3, 0.4) is 0 Å². The number of fused-ring (bicyclic) bond motifs is 1. The van der Waals surface area contributed by atoms with E-state index in [0.29, 0.717) is 11.3 Å². The highest BCUT2D eigenvalue weighted by atomic mass is 16.4. The summed E-state index contributed by atoms with van der Waals surface area (Å²) in [5, 5.41) is 0. The van der Waals surface area contributed by atoms with E-state index in [1.165, 1.54) is 25.5 Å². The van der Waals surface area contributed by atoms with E-state index in [1.54, 1.807) is 0 Å². The molecule has 0 aromatic heterocycles. The van der Waals surface area contributed by atoms with Gasteiger partial charge in [-0.3, -0.25) is 4.79 Å². The summed E-state index contributed by atoms with van der Waals surface area (Å²) >= 11 is 0. The molecular weight excluding hydrogens is 172 g/mol. The second kappa shape index (κ2) is 2.58. The van der Waals surface area contributed by atoms with Crippen molar-refractivity contribution < 1.29 is 13.6 Å². The number of hydrogen-bond acceptors (Lipinski definition) is 4. The van der Waals surface area contributed by atoms with Gasteiger partial charge in [0.05, 0.1) is 6.26 Å². The van der Waals surface area contributed by atoms with Crippen molar-refractivity contribution in [3.8, 4) is 11.3 Å². The summed E-state index contributed by atoms with van der Waals surface area (Å²) < 4.78 is 9.58. The molecule has 0 unspecified atom stereocenters. The number of hydrogen-bond donors (Lipinski definition) is 0. The maximum Gasteiger partial charge on any atom is 0.348 e. The first-order chi connectivity index (χ1) is 6.20. The van der Waals surface area contributed by atoms with Crippen LogP contribution in [0, 0.1) is 0 Å². The summed E-state index contributed by atoms with van der Waals surface area (Å²) in [4.78, 5) is 22.2. The van der Waals surface area contributed by atoms with Crippen molar-refractivity contribution in [2.24, 2.45) is 0 Å². The molecule has 0 radical (unpaired) electrons. The third-order valence-corrected chi connectivity index (χ3v) is 1.78. The Morgan fingerprint density at radius 1 is 1.46 bits per heavy atom. The van der Waals surface area contributed by atoms with Gasteiger partial charge in [0.1, 0.15) is 11.8 Å². The van der Waals surface area contributed by atoms with Gasteiger partial charge < -0.3 is 8.83 Å². The van der Waals surface area contributed by atoms with E-state index in [0.717, 1.165) is 0 Å². The predicted molar refractivity (Wildman–Crippen MR) is 43.9 cm³/mol. The van der Waals surface area contributed by atoms with Crippen molar-refractivity contribution in [1.82, 2.24) is 0 Å². The first kappa shape index (κ1) is 7.79. The summed E-state index contributed by atoms with van der Waals surface area (Å²) in [7, 11) is 0. The van der Waals surface area contributed by atoms with Crippen molar-refractivity contribution in [3.05, 3.63) is 34.6 Å². The second-order valence-electron chi connectivity index (χ2n) is 2.66. The molecule has 0 amide bonds. The molecule has 2 heterocycles. The Bertz CT molecular complexity index is 477. The van der Waals surface area contributed by atoms with Gasteiger partial charge in [-0.2, -0.15) is 0 Å². The first-order valence-electron chi connectivity index (χ1n) is 3.70. The first-order valence-corrected chi connectivity index (χ1v) is 3.70. The Hall–Kier alpha value is -1.84. The molecular formula is C9H6O4. The smallest absolute Gasteiger partial charge is 0.348 e. The topological polar surface area (TPSA) is 60.4 Å². The van der Waals surface area contributed by atoms with E-state index in [-0.39, 0.29) is 11.3 Å². The van der Waals surface area contributed by atoms with Gasteiger partial charge in [0.25, 0.3) is 0 Å². The van der Waals surface area contributed by atoms with Crippen molar-refractivity contribution in [2.45, 2.75) is 6.92 Å². The Morgan fingerprint density at radius 2 is 2.23 bits per heavy atom. The summed E-state index contributed by atoms with van der Waals surface area (Å²) in [5.74, 6) is 0.00708. The molecule has 4 nitrogen and oxygen atoms in total. The zero-order valence-electron chi connectivity index (χ0n) is 6.87. The number of ketones is 1. The molecule has 0 spiro atoms. The molecule has 0 aromatic rings. The Morgan fingerprint density at radius 3 is 2.92 bits per heavy atom. The second-order valence-corrected chi connectivity index (χ2v) is 2.66. The highest BCUT2D eigenvalue weighted by molar-refractivity contribution is 6.00. The van der Waals surface area contributed by atoms with E-state index in [9.17, 15) is 9.59 Å². The van der Waals surface area contributed by atoms with Crippen LogP contribution in [0.1, 0.15) is 17.3 Å². The highest BCUT2D eigenvalue weighted by Gasteiger charge is 2.20. The molecule has 2 aliphatic heterocycles. The highest BCUT2D eigenvalue weighted by Crippen LogP contribution is 2.23. The Kier molecular flexibility index (Phi) is 1.55. The van der Waals surface area contributed by atoms with E-state index in [1.807, 2.05) is 0 Å². The summed E-state index contributed by atoms with van der Waals surface area (Å²) in [6.07, 6.45) is 2.69. The lowest BCUT2D eigenvalue weighted by Crippen LogP contribution is -2.06. The van der Waals surface area contributed by atoms with Crippen LogP contribution in [-0.2, 0) is 0 Å². The van der Waals surface area contributed by atoms with Crippen molar-refractivity contribution in [2.75, 3.05) is 0 Å². The SMILES string of the molecule is CC(=O)c1c2ccocc-2oc1=O. The lowest BCUT2D eigenvalue weighted by atomic mass is 10.1. The number of furan rings is 1. The summed E-state index contributed by atoms with van der Waals surface area (Å²) in [6, 6.07) is 1.54. The van der Waals surface area contributed by atoms with Crippen molar-refractivity contribution in [3.63, 3.8) is 0 Å². The normalized spacial score (nSPS) is 10.5. The van der Waals surface area contributed by atoms with Gasteiger partial charge in [0, 0.05) is 5.56 Å². The van der Waals surface area contributed by atoms with Crippen LogP contribution in [0.25, 0.3) is 11.3 Å². The molecule has 0 N–H and O–H groups in total. The van der Waals surface area contributed by atoms with Crippen LogP contribution in [-0.4, -0.2) is 5.78 Å². The quantitative estimate of drug-likeness (QED) is 0.621. The van der Waals surface area contributed by atoms with Crippen LogP contribution in [0.15, 0.2) is 32.2 Å². The zero-order valence-corrected chi connectivity index (χ0v) is 6.87. The van der Waals surface area contributed by atoms with Gasteiger partial charge in [-0.05, 0) is 13.0 Å². The Balaban J connectivity index is 2.84. The number of carbonyl (C=O) groups excluding carboxylic acids is 1. The van der Waals surface area contributed by atoms with E-state index in [2.05, 4.69) is 0 Å². The fourth-order valence-corrected chi connectivity index (χ4v) is 1.23. The monoisotopic (exact) mass is 178 g/mol. The zero-order chi connectivity index (χ0) is 9.42. The molecule has 0 saturated heterocycles. The molecule has 66 valence electrons. The van der Waals surface area contributed by atoms with Gasteiger partial charge in [-0.1, -0.05) is 0 Å². The average molecular weight is 178 g/mol. The lowest BCUT2D eigenvalue weighted by molar-refractivity contribution is 0.101. The predicted octanol–water partition coefficient (Wildman–Crippen LogP) is 1.54.